The first-order valence-corrected chi connectivity index (χ1v) is 9.41. The Morgan fingerprint density at radius 1 is 1.29 bits per heavy atom. The van der Waals surface area contributed by atoms with Crippen LogP contribution < -0.4 is 5.32 Å². The standard InChI is InChI=1S/C18H18BrN3OS/c1-13(19)12-22-15-7-3-2-6-14(15)21-17(22)9-4-10-20-18(23)16-8-5-11-24-16/h2-3,5-8,11H,1,4,9-10,12H2,(H,20,23). The van der Waals surface area contributed by atoms with Gasteiger partial charge in [-0.15, -0.1) is 11.3 Å². The summed E-state index contributed by atoms with van der Waals surface area (Å²) in [5.74, 6) is 1.01. The van der Waals surface area contributed by atoms with Crippen LogP contribution in [0.5, 0.6) is 0 Å². The molecule has 1 aromatic carbocycles. The second-order valence-corrected chi connectivity index (χ2v) is 7.53. The van der Waals surface area contributed by atoms with Gasteiger partial charge in [0.25, 0.3) is 5.91 Å². The van der Waals surface area contributed by atoms with Gasteiger partial charge in [-0.3, -0.25) is 4.79 Å². The molecule has 0 fully saturated rings. The van der Waals surface area contributed by atoms with Gasteiger partial charge in [-0.05, 0) is 30.0 Å². The van der Waals surface area contributed by atoms with E-state index in [0.717, 1.165) is 39.1 Å². The van der Waals surface area contributed by atoms with Crippen LogP contribution in [0.4, 0.5) is 0 Å². The van der Waals surface area contributed by atoms with Gasteiger partial charge in [0.15, 0.2) is 0 Å². The quantitative estimate of drug-likeness (QED) is 0.595. The Labute approximate surface area is 153 Å². The lowest BCUT2D eigenvalue weighted by atomic mass is 10.3. The number of thiophene rings is 1. The second kappa shape index (κ2) is 7.77. The van der Waals surface area contributed by atoms with Crippen LogP contribution in [0.1, 0.15) is 21.9 Å². The summed E-state index contributed by atoms with van der Waals surface area (Å²) in [5, 5.41) is 4.86. The van der Waals surface area contributed by atoms with Crippen molar-refractivity contribution in [1.82, 2.24) is 14.9 Å². The van der Waals surface area contributed by atoms with Crippen molar-refractivity contribution in [3.63, 3.8) is 0 Å². The second-order valence-electron chi connectivity index (χ2n) is 5.46. The summed E-state index contributed by atoms with van der Waals surface area (Å²) in [7, 11) is 0. The van der Waals surface area contributed by atoms with E-state index in [4.69, 9.17) is 4.98 Å². The fourth-order valence-electron chi connectivity index (χ4n) is 2.61. The molecule has 4 nitrogen and oxygen atoms in total. The van der Waals surface area contributed by atoms with Crippen LogP contribution in [-0.4, -0.2) is 22.0 Å². The molecule has 0 aliphatic heterocycles. The fraction of sp³-hybridized carbons (Fsp3) is 0.222. The number of nitrogens with one attached hydrogen (secondary N) is 1. The van der Waals surface area contributed by atoms with Crippen LogP contribution in [0.15, 0.2) is 52.8 Å². The Balaban J connectivity index is 1.64. The molecule has 0 saturated carbocycles. The zero-order valence-electron chi connectivity index (χ0n) is 13.2. The van der Waals surface area contributed by atoms with E-state index in [1.807, 2.05) is 35.7 Å². The fourth-order valence-corrected chi connectivity index (χ4v) is 3.50. The third-order valence-corrected chi connectivity index (χ3v) is 4.79. The number of imidazole rings is 1. The summed E-state index contributed by atoms with van der Waals surface area (Å²) in [5.41, 5.74) is 2.10. The number of amides is 1. The topological polar surface area (TPSA) is 46.9 Å². The van der Waals surface area contributed by atoms with Gasteiger partial charge in [0.1, 0.15) is 5.82 Å². The molecule has 6 heteroatoms. The van der Waals surface area contributed by atoms with E-state index in [-0.39, 0.29) is 5.91 Å². The third kappa shape index (κ3) is 3.94. The van der Waals surface area contributed by atoms with E-state index >= 15 is 0 Å². The molecule has 1 amide bonds. The van der Waals surface area contributed by atoms with Crippen LogP contribution in [0.25, 0.3) is 11.0 Å². The number of rotatable bonds is 7. The van der Waals surface area contributed by atoms with Crippen molar-refractivity contribution < 1.29 is 4.79 Å². The first kappa shape index (κ1) is 16.9. The van der Waals surface area contributed by atoms with Crippen LogP contribution in [0.2, 0.25) is 0 Å². The molecule has 0 saturated heterocycles. The first-order chi connectivity index (χ1) is 11.6. The van der Waals surface area contributed by atoms with Crippen LogP contribution >= 0.6 is 27.3 Å². The third-order valence-electron chi connectivity index (χ3n) is 3.67. The Hall–Kier alpha value is -1.92. The normalized spacial score (nSPS) is 10.9. The summed E-state index contributed by atoms with van der Waals surface area (Å²) in [6.07, 6.45) is 1.65. The highest BCUT2D eigenvalue weighted by molar-refractivity contribution is 9.11. The molecule has 0 atom stereocenters. The summed E-state index contributed by atoms with van der Waals surface area (Å²) < 4.78 is 3.09. The Bertz CT molecular complexity index is 854. The van der Waals surface area contributed by atoms with Gasteiger partial charge in [-0.1, -0.05) is 40.7 Å². The SMILES string of the molecule is C=C(Br)Cn1c(CCCNC(=O)c2cccs2)nc2ccccc21. The number of hydrogen-bond donors (Lipinski definition) is 1. The van der Waals surface area contributed by atoms with Gasteiger partial charge >= 0.3 is 0 Å². The molecule has 0 radical (unpaired) electrons. The van der Waals surface area contributed by atoms with Crippen LogP contribution in [-0.2, 0) is 13.0 Å². The lowest BCUT2D eigenvalue weighted by Gasteiger charge is -2.08. The molecule has 0 aliphatic carbocycles. The molecule has 24 heavy (non-hydrogen) atoms. The lowest BCUT2D eigenvalue weighted by molar-refractivity contribution is 0.0957. The van der Waals surface area contributed by atoms with Crippen molar-refractivity contribution in [1.29, 1.82) is 0 Å². The zero-order chi connectivity index (χ0) is 16.9. The van der Waals surface area contributed by atoms with Crippen LogP contribution in [0.3, 0.4) is 0 Å². The molecule has 124 valence electrons. The summed E-state index contributed by atoms with van der Waals surface area (Å²) in [6.45, 7) is 5.26. The predicted molar refractivity (Wildman–Crippen MR) is 103 cm³/mol. The lowest BCUT2D eigenvalue weighted by Crippen LogP contribution is -2.24. The molecule has 1 N–H and O–H groups in total. The van der Waals surface area contributed by atoms with E-state index in [1.54, 1.807) is 0 Å². The van der Waals surface area contributed by atoms with Crippen molar-refractivity contribution >= 4 is 44.2 Å². The van der Waals surface area contributed by atoms with Crippen molar-refractivity contribution in [3.05, 3.63) is 63.5 Å². The van der Waals surface area contributed by atoms with E-state index in [1.165, 1.54) is 11.3 Å². The number of nitrogens with zero attached hydrogens (tertiary/aromatic N) is 2. The van der Waals surface area contributed by atoms with Gasteiger partial charge in [-0.25, -0.2) is 4.98 Å². The number of allylic oxidation sites excluding steroid dienone is 1. The highest BCUT2D eigenvalue weighted by Crippen LogP contribution is 2.19. The Kier molecular flexibility index (Phi) is 5.48. The van der Waals surface area contributed by atoms with E-state index in [9.17, 15) is 4.79 Å². The summed E-state index contributed by atoms with van der Waals surface area (Å²) in [4.78, 5) is 17.4. The first-order valence-electron chi connectivity index (χ1n) is 7.74. The number of aromatic nitrogens is 2. The van der Waals surface area contributed by atoms with Crippen molar-refractivity contribution in [2.45, 2.75) is 19.4 Å². The number of carbonyl (C=O) groups excluding carboxylic acids is 1. The largest absolute Gasteiger partial charge is 0.351 e. The molecule has 0 bridgehead atoms. The average Bonchev–Trinajstić information content (AvgIpc) is 3.20. The number of benzene rings is 1. The molecule has 3 aromatic rings. The predicted octanol–water partition coefficient (Wildman–Crippen LogP) is 4.37. The summed E-state index contributed by atoms with van der Waals surface area (Å²) in [6, 6.07) is 11.8. The number of hydrogen-bond acceptors (Lipinski definition) is 3. The number of fused-ring (bicyclic) bond motifs is 1. The molecular formula is C18H18BrN3OS. The maximum absolute atomic E-state index is 11.9. The molecule has 0 spiro atoms. The van der Waals surface area contributed by atoms with Crippen molar-refractivity contribution in [3.8, 4) is 0 Å². The molecule has 2 heterocycles. The highest BCUT2D eigenvalue weighted by Gasteiger charge is 2.11. The maximum Gasteiger partial charge on any atom is 0.261 e. The van der Waals surface area contributed by atoms with Gasteiger partial charge in [0.05, 0.1) is 22.5 Å². The monoisotopic (exact) mass is 403 g/mol. The van der Waals surface area contributed by atoms with E-state index in [2.05, 4.69) is 38.5 Å². The molecule has 2 aromatic heterocycles. The minimum Gasteiger partial charge on any atom is -0.351 e. The minimum atomic E-state index is -0.00709. The molecule has 0 unspecified atom stereocenters. The number of carbonyl (C=O) groups is 1. The zero-order valence-corrected chi connectivity index (χ0v) is 15.6. The molecule has 3 rings (SSSR count). The number of halogens is 1. The van der Waals surface area contributed by atoms with Gasteiger partial charge in [-0.2, -0.15) is 0 Å². The smallest absolute Gasteiger partial charge is 0.261 e. The average molecular weight is 404 g/mol. The summed E-state index contributed by atoms with van der Waals surface area (Å²) >= 11 is 4.89. The molecular weight excluding hydrogens is 386 g/mol. The van der Waals surface area contributed by atoms with Gasteiger partial charge < -0.3 is 9.88 Å². The number of para-hydroxylation sites is 2. The highest BCUT2D eigenvalue weighted by atomic mass is 79.9. The van der Waals surface area contributed by atoms with Crippen molar-refractivity contribution in [2.75, 3.05) is 6.54 Å². The van der Waals surface area contributed by atoms with E-state index in [0.29, 0.717) is 13.1 Å². The minimum absolute atomic E-state index is 0.00709. The number of aryl methyl sites for hydroxylation is 1. The Morgan fingerprint density at radius 3 is 2.88 bits per heavy atom. The van der Waals surface area contributed by atoms with Crippen LogP contribution in [0, 0.1) is 0 Å². The maximum atomic E-state index is 11.9. The van der Waals surface area contributed by atoms with Crippen molar-refractivity contribution in [2.24, 2.45) is 0 Å². The van der Waals surface area contributed by atoms with Gasteiger partial charge in [0.2, 0.25) is 0 Å². The molecule has 0 aliphatic rings. The van der Waals surface area contributed by atoms with E-state index < -0.39 is 0 Å². The van der Waals surface area contributed by atoms with Gasteiger partial charge in [0, 0.05) is 17.4 Å². The Morgan fingerprint density at radius 2 is 2.12 bits per heavy atom.